The van der Waals surface area contributed by atoms with Crippen molar-refractivity contribution < 1.29 is 9.63 Å². The fourth-order valence-corrected chi connectivity index (χ4v) is 5.39. The topological polar surface area (TPSA) is 29.5 Å². The predicted octanol–water partition coefficient (Wildman–Crippen LogP) is 2.61. The summed E-state index contributed by atoms with van der Waals surface area (Å²) in [6.07, 6.45) is 7.34. The van der Waals surface area contributed by atoms with Crippen LogP contribution in [-0.4, -0.2) is 25.1 Å². The molecule has 4 rings (SSSR count). The SMILES string of the molecule is CON(C)C(=O)C12CC3CC(CC(C)(C3)C1)C2. The molecule has 0 spiro atoms. The summed E-state index contributed by atoms with van der Waals surface area (Å²) in [4.78, 5) is 17.7. The molecule has 2 unspecified atom stereocenters. The highest BCUT2D eigenvalue weighted by Crippen LogP contribution is 2.65. The van der Waals surface area contributed by atoms with Crippen molar-refractivity contribution in [1.82, 2.24) is 5.06 Å². The van der Waals surface area contributed by atoms with Crippen LogP contribution in [0.3, 0.4) is 0 Å². The minimum absolute atomic E-state index is 0.0937. The summed E-state index contributed by atoms with van der Waals surface area (Å²) in [5.74, 6) is 1.80. The van der Waals surface area contributed by atoms with Crippen LogP contribution in [0.25, 0.3) is 0 Å². The molecule has 0 aromatic rings. The molecule has 4 aliphatic carbocycles. The summed E-state index contributed by atoms with van der Waals surface area (Å²) < 4.78 is 0. The third kappa shape index (κ3) is 1.62. The second kappa shape index (κ2) is 3.47. The van der Waals surface area contributed by atoms with Gasteiger partial charge in [0.2, 0.25) is 0 Å². The number of rotatable bonds is 2. The van der Waals surface area contributed by atoms with Gasteiger partial charge in [0, 0.05) is 7.05 Å². The summed E-state index contributed by atoms with van der Waals surface area (Å²) in [5, 5.41) is 1.45. The number of carbonyl (C=O) groups excluding carboxylic acids is 1. The van der Waals surface area contributed by atoms with E-state index >= 15 is 0 Å². The summed E-state index contributed by atoms with van der Waals surface area (Å²) >= 11 is 0. The average molecular weight is 237 g/mol. The molecule has 0 saturated heterocycles. The normalized spacial score (nSPS) is 47.2. The third-order valence-electron chi connectivity index (χ3n) is 5.37. The molecule has 0 heterocycles. The van der Waals surface area contributed by atoms with E-state index in [-0.39, 0.29) is 11.3 Å². The molecule has 0 aromatic heterocycles. The Bertz CT molecular complexity index is 338. The van der Waals surface area contributed by atoms with E-state index in [2.05, 4.69) is 6.92 Å². The van der Waals surface area contributed by atoms with Gasteiger partial charge in [0.1, 0.15) is 0 Å². The van der Waals surface area contributed by atoms with Gasteiger partial charge in [-0.3, -0.25) is 9.63 Å². The molecule has 0 aliphatic heterocycles. The summed E-state index contributed by atoms with van der Waals surface area (Å²) in [6.45, 7) is 2.39. The Kier molecular flexibility index (Phi) is 2.35. The highest BCUT2D eigenvalue weighted by Gasteiger charge is 2.59. The molecule has 4 saturated carbocycles. The number of hydrogen-bond acceptors (Lipinski definition) is 2. The van der Waals surface area contributed by atoms with Crippen molar-refractivity contribution in [3.63, 3.8) is 0 Å². The van der Waals surface area contributed by atoms with Crippen molar-refractivity contribution in [2.45, 2.75) is 45.4 Å². The van der Waals surface area contributed by atoms with E-state index in [1.165, 1.54) is 24.3 Å². The lowest BCUT2D eigenvalue weighted by atomic mass is 9.44. The second-order valence-corrected chi connectivity index (χ2v) is 7.04. The molecule has 4 bridgehead atoms. The molecule has 0 aromatic carbocycles. The molecule has 17 heavy (non-hydrogen) atoms. The lowest BCUT2D eigenvalue weighted by molar-refractivity contribution is -0.199. The summed E-state index contributed by atoms with van der Waals surface area (Å²) in [7, 11) is 3.34. The Morgan fingerprint density at radius 3 is 2.29 bits per heavy atom. The van der Waals surface area contributed by atoms with Gasteiger partial charge >= 0.3 is 0 Å². The maximum absolute atomic E-state index is 12.6. The molecule has 4 aliphatic rings. The molecule has 96 valence electrons. The molecule has 3 nitrogen and oxygen atoms in total. The van der Waals surface area contributed by atoms with E-state index in [1.807, 2.05) is 0 Å². The van der Waals surface area contributed by atoms with Gasteiger partial charge in [-0.2, -0.15) is 0 Å². The largest absolute Gasteiger partial charge is 0.275 e. The van der Waals surface area contributed by atoms with E-state index < -0.39 is 0 Å². The van der Waals surface area contributed by atoms with E-state index in [0.717, 1.165) is 31.1 Å². The van der Waals surface area contributed by atoms with Crippen LogP contribution in [-0.2, 0) is 9.63 Å². The van der Waals surface area contributed by atoms with Crippen LogP contribution in [0.1, 0.15) is 45.4 Å². The third-order valence-corrected chi connectivity index (χ3v) is 5.37. The number of hydrogen-bond donors (Lipinski definition) is 0. The molecular formula is C14H23NO2. The molecule has 3 heteroatoms. The van der Waals surface area contributed by atoms with Crippen LogP contribution in [0.2, 0.25) is 0 Å². The van der Waals surface area contributed by atoms with Crippen molar-refractivity contribution in [3.8, 4) is 0 Å². The highest BCUT2D eigenvalue weighted by molar-refractivity contribution is 5.82. The van der Waals surface area contributed by atoms with Gasteiger partial charge in [-0.05, 0) is 55.8 Å². The second-order valence-electron chi connectivity index (χ2n) is 7.04. The van der Waals surface area contributed by atoms with Crippen molar-refractivity contribution in [3.05, 3.63) is 0 Å². The maximum atomic E-state index is 12.6. The molecule has 1 amide bonds. The van der Waals surface area contributed by atoms with Gasteiger partial charge in [0.25, 0.3) is 5.91 Å². The van der Waals surface area contributed by atoms with E-state index in [9.17, 15) is 4.79 Å². The fraction of sp³-hybridized carbons (Fsp3) is 0.929. The van der Waals surface area contributed by atoms with E-state index in [0.29, 0.717) is 5.41 Å². The Morgan fingerprint density at radius 1 is 1.24 bits per heavy atom. The molecule has 4 fully saturated rings. The smallest absolute Gasteiger partial charge is 0.252 e. The number of hydroxylamine groups is 2. The lowest BCUT2D eigenvalue weighted by Gasteiger charge is -2.60. The zero-order valence-corrected chi connectivity index (χ0v) is 11.2. The quantitative estimate of drug-likeness (QED) is 0.691. The fourth-order valence-electron chi connectivity index (χ4n) is 5.39. The van der Waals surface area contributed by atoms with E-state index in [1.54, 1.807) is 14.2 Å². The first-order valence-corrected chi connectivity index (χ1v) is 6.79. The first kappa shape index (κ1) is 11.5. The van der Waals surface area contributed by atoms with Crippen molar-refractivity contribution in [2.75, 3.05) is 14.2 Å². The monoisotopic (exact) mass is 237 g/mol. The van der Waals surface area contributed by atoms with Gasteiger partial charge in [-0.25, -0.2) is 5.06 Å². The maximum Gasteiger partial charge on any atom is 0.252 e. The number of carbonyl (C=O) groups is 1. The Balaban J connectivity index is 1.90. The minimum Gasteiger partial charge on any atom is -0.275 e. The Morgan fingerprint density at radius 2 is 1.82 bits per heavy atom. The van der Waals surface area contributed by atoms with Crippen LogP contribution < -0.4 is 0 Å². The number of amides is 1. The van der Waals surface area contributed by atoms with Crippen molar-refractivity contribution in [2.24, 2.45) is 22.7 Å². The lowest BCUT2D eigenvalue weighted by Crippen LogP contribution is -2.56. The van der Waals surface area contributed by atoms with E-state index in [4.69, 9.17) is 4.84 Å². The van der Waals surface area contributed by atoms with Crippen LogP contribution in [0, 0.1) is 22.7 Å². The van der Waals surface area contributed by atoms with Gasteiger partial charge in [0.15, 0.2) is 0 Å². The molecule has 0 N–H and O–H groups in total. The molecule has 2 atom stereocenters. The summed E-state index contributed by atoms with van der Waals surface area (Å²) in [5.41, 5.74) is 0.331. The van der Waals surface area contributed by atoms with Crippen molar-refractivity contribution >= 4 is 5.91 Å². The van der Waals surface area contributed by atoms with Gasteiger partial charge in [-0.15, -0.1) is 0 Å². The first-order chi connectivity index (χ1) is 7.96. The van der Waals surface area contributed by atoms with Gasteiger partial charge in [0.05, 0.1) is 12.5 Å². The zero-order valence-electron chi connectivity index (χ0n) is 11.2. The Hall–Kier alpha value is -0.570. The van der Waals surface area contributed by atoms with Crippen LogP contribution in [0.4, 0.5) is 0 Å². The predicted molar refractivity (Wildman–Crippen MR) is 65.0 cm³/mol. The van der Waals surface area contributed by atoms with Gasteiger partial charge in [-0.1, -0.05) is 6.92 Å². The standard InChI is InChI=1S/C14H23NO2/c1-13-5-10-4-11(6-13)8-14(7-10,9-13)12(16)15(2)17-3/h10-11H,4-9H2,1-3H3. The zero-order chi connectivity index (χ0) is 12.3. The Labute approximate surface area is 103 Å². The van der Waals surface area contributed by atoms with Crippen LogP contribution >= 0.6 is 0 Å². The number of nitrogens with zero attached hydrogens (tertiary/aromatic N) is 1. The van der Waals surface area contributed by atoms with Crippen LogP contribution in [0.5, 0.6) is 0 Å². The molecule has 0 radical (unpaired) electrons. The highest BCUT2D eigenvalue weighted by atomic mass is 16.7. The first-order valence-electron chi connectivity index (χ1n) is 6.79. The average Bonchev–Trinajstić information content (AvgIpc) is 2.23. The summed E-state index contributed by atoms with van der Waals surface area (Å²) in [6, 6.07) is 0. The minimum atomic E-state index is -0.0937. The molecular weight excluding hydrogens is 214 g/mol. The van der Waals surface area contributed by atoms with Crippen molar-refractivity contribution in [1.29, 1.82) is 0 Å². The van der Waals surface area contributed by atoms with Gasteiger partial charge < -0.3 is 0 Å². The van der Waals surface area contributed by atoms with Crippen LogP contribution in [0.15, 0.2) is 0 Å².